The fourth-order valence-corrected chi connectivity index (χ4v) is 3.68. The van der Waals surface area contributed by atoms with Crippen LogP contribution in [-0.2, 0) is 11.2 Å². The van der Waals surface area contributed by atoms with Crippen LogP contribution in [0.2, 0.25) is 0 Å². The van der Waals surface area contributed by atoms with E-state index < -0.39 is 6.04 Å². The molecule has 2 heterocycles. The third-order valence-corrected chi connectivity index (χ3v) is 4.97. The summed E-state index contributed by atoms with van der Waals surface area (Å²) in [7, 11) is 0. The molecule has 3 N–H and O–H groups in total. The minimum atomic E-state index is -0.534. The molecule has 2 aromatic rings. The minimum Gasteiger partial charge on any atom is -0.352 e. The highest BCUT2D eigenvalue weighted by Gasteiger charge is 2.39. The van der Waals surface area contributed by atoms with Crippen molar-refractivity contribution in [3.8, 4) is 0 Å². The molecule has 2 amide bonds. The average molecular weight is 368 g/mol. The molecule has 0 bridgehead atoms. The predicted molar refractivity (Wildman–Crippen MR) is 107 cm³/mol. The fraction of sp³-hybridized carbons (Fsp3) is 0.476. The SMILES string of the molecule is CCc1ccc2nc(C)cc(C(=O)N3C[C@@H](N)C[C@H]3C(=O)NC(C)C)c2c1. The maximum Gasteiger partial charge on any atom is 0.255 e. The van der Waals surface area contributed by atoms with Crippen molar-refractivity contribution in [2.45, 2.75) is 58.7 Å². The van der Waals surface area contributed by atoms with Gasteiger partial charge in [-0.25, -0.2) is 0 Å². The second kappa shape index (κ2) is 7.64. The highest BCUT2D eigenvalue weighted by Crippen LogP contribution is 2.26. The molecule has 27 heavy (non-hydrogen) atoms. The Hall–Kier alpha value is -2.47. The second-order valence-corrected chi connectivity index (χ2v) is 7.65. The molecule has 0 saturated carbocycles. The Labute approximate surface area is 160 Å². The highest BCUT2D eigenvalue weighted by atomic mass is 16.2. The van der Waals surface area contributed by atoms with E-state index in [-0.39, 0.29) is 23.9 Å². The van der Waals surface area contributed by atoms with E-state index in [4.69, 9.17) is 5.73 Å². The van der Waals surface area contributed by atoms with Crippen molar-refractivity contribution in [1.82, 2.24) is 15.2 Å². The predicted octanol–water partition coefficient (Wildman–Crippen LogP) is 2.17. The van der Waals surface area contributed by atoms with Gasteiger partial charge < -0.3 is 16.0 Å². The van der Waals surface area contributed by atoms with E-state index in [9.17, 15) is 9.59 Å². The van der Waals surface area contributed by atoms with Crippen molar-refractivity contribution in [2.24, 2.45) is 5.73 Å². The van der Waals surface area contributed by atoms with Gasteiger partial charge >= 0.3 is 0 Å². The monoisotopic (exact) mass is 368 g/mol. The van der Waals surface area contributed by atoms with Gasteiger partial charge in [-0.3, -0.25) is 14.6 Å². The van der Waals surface area contributed by atoms with E-state index in [2.05, 4.69) is 17.2 Å². The van der Waals surface area contributed by atoms with E-state index in [0.29, 0.717) is 18.5 Å². The number of benzene rings is 1. The van der Waals surface area contributed by atoms with Crippen LogP contribution in [0.15, 0.2) is 24.3 Å². The van der Waals surface area contributed by atoms with Crippen molar-refractivity contribution in [1.29, 1.82) is 0 Å². The molecule has 2 atom stereocenters. The Morgan fingerprint density at radius 3 is 2.74 bits per heavy atom. The molecule has 6 heteroatoms. The molecule has 1 saturated heterocycles. The number of rotatable bonds is 4. The number of nitrogens with two attached hydrogens (primary N) is 1. The van der Waals surface area contributed by atoms with E-state index >= 15 is 0 Å². The quantitative estimate of drug-likeness (QED) is 0.866. The molecule has 144 valence electrons. The van der Waals surface area contributed by atoms with Crippen LogP contribution in [0.25, 0.3) is 10.9 Å². The van der Waals surface area contributed by atoms with Gasteiger partial charge in [0.05, 0.1) is 11.1 Å². The van der Waals surface area contributed by atoms with Crippen molar-refractivity contribution in [2.75, 3.05) is 6.54 Å². The lowest BCUT2D eigenvalue weighted by atomic mass is 10.0. The van der Waals surface area contributed by atoms with Gasteiger partial charge in [0, 0.05) is 29.7 Å². The van der Waals surface area contributed by atoms with Gasteiger partial charge in [0.15, 0.2) is 0 Å². The van der Waals surface area contributed by atoms with E-state index in [1.807, 2.05) is 45.0 Å². The molecule has 1 aromatic heterocycles. The second-order valence-electron chi connectivity index (χ2n) is 7.65. The summed E-state index contributed by atoms with van der Waals surface area (Å²) in [6.07, 6.45) is 1.36. The third-order valence-electron chi connectivity index (χ3n) is 4.97. The number of pyridine rings is 1. The number of likely N-dealkylation sites (tertiary alicyclic amines) is 1. The van der Waals surface area contributed by atoms with Crippen LogP contribution in [0.1, 0.15) is 48.8 Å². The molecule has 1 fully saturated rings. The van der Waals surface area contributed by atoms with Gasteiger partial charge in [0.2, 0.25) is 5.91 Å². The van der Waals surface area contributed by atoms with E-state index in [1.165, 1.54) is 0 Å². The maximum absolute atomic E-state index is 13.4. The number of carbonyl (C=O) groups is 2. The smallest absolute Gasteiger partial charge is 0.255 e. The number of hydrogen-bond donors (Lipinski definition) is 2. The van der Waals surface area contributed by atoms with E-state index in [1.54, 1.807) is 4.90 Å². The van der Waals surface area contributed by atoms with Gasteiger partial charge in [-0.1, -0.05) is 13.0 Å². The van der Waals surface area contributed by atoms with Gasteiger partial charge in [0.1, 0.15) is 6.04 Å². The normalized spacial score (nSPS) is 19.7. The molecule has 0 spiro atoms. The first-order chi connectivity index (χ1) is 12.8. The first-order valence-corrected chi connectivity index (χ1v) is 9.57. The Bertz CT molecular complexity index is 878. The third kappa shape index (κ3) is 3.95. The fourth-order valence-electron chi connectivity index (χ4n) is 3.68. The average Bonchev–Trinajstić information content (AvgIpc) is 3.01. The van der Waals surface area contributed by atoms with Gasteiger partial charge in [-0.05, 0) is 57.4 Å². The van der Waals surface area contributed by atoms with Crippen molar-refractivity contribution >= 4 is 22.7 Å². The lowest BCUT2D eigenvalue weighted by molar-refractivity contribution is -0.125. The molecule has 6 nitrogen and oxygen atoms in total. The van der Waals surface area contributed by atoms with Crippen LogP contribution in [0.4, 0.5) is 0 Å². The topological polar surface area (TPSA) is 88.3 Å². The van der Waals surface area contributed by atoms with Gasteiger partial charge in [0.25, 0.3) is 5.91 Å². The Balaban J connectivity index is 2.02. The van der Waals surface area contributed by atoms with Crippen LogP contribution in [-0.4, -0.2) is 46.4 Å². The number of carbonyl (C=O) groups excluding carboxylic acids is 2. The van der Waals surface area contributed by atoms with Gasteiger partial charge in [-0.15, -0.1) is 0 Å². The summed E-state index contributed by atoms with van der Waals surface area (Å²) in [6.45, 7) is 8.15. The number of hydrogen-bond acceptors (Lipinski definition) is 4. The van der Waals surface area contributed by atoms with Crippen LogP contribution < -0.4 is 11.1 Å². The van der Waals surface area contributed by atoms with Crippen LogP contribution >= 0.6 is 0 Å². The number of fused-ring (bicyclic) bond motifs is 1. The van der Waals surface area contributed by atoms with Crippen molar-refractivity contribution in [3.63, 3.8) is 0 Å². The molecule has 0 radical (unpaired) electrons. The number of nitrogens with zero attached hydrogens (tertiary/aromatic N) is 2. The van der Waals surface area contributed by atoms with Crippen molar-refractivity contribution in [3.05, 3.63) is 41.1 Å². The molecule has 0 aliphatic carbocycles. The first-order valence-electron chi connectivity index (χ1n) is 9.57. The number of aryl methyl sites for hydroxylation is 2. The maximum atomic E-state index is 13.4. The summed E-state index contributed by atoms with van der Waals surface area (Å²) in [5, 5.41) is 3.73. The summed E-state index contributed by atoms with van der Waals surface area (Å²) < 4.78 is 0. The Morgan fingerprint density at radius 2 is 2.07 bits per heavy atom. The van der Waals surface area contributed by atoms with Crippen LogP contribution in [0.3, 0.4) is 0 Å². The molecule has 0 unspecified atom stereocenters. The summed E-state index contributed by atoms with van der Waals surface area (Å²) in [5.41, 5.74) is 9.41. The minimum absolute atomic E-state index is 0.0161. The van der Waals surface area contributed by atoms with Gasteiger partial charge in [-0.2, -0.15) is 0 Å². The lowest BCUT2D eigenvalue weighted by Crippen LogP contribution is -2.47. The zero-order chi connectivity index (χ0) is 19.7. The van der Waals surface area contributed by atoms with Crippen LogP contribution in [0.5, 0.6) is 0 Å². The standard InChI is InChI=1S/C21H28N4O2/c1-5-14-6-7-18-16(9-14)17(8-13(4)24-18)21(27)25-11-15(22)10-19(25)20(26)23-12(2)3/h6-9,12,15,19H,5,10-11,22H2,1-4H3,(H,23,26)/t15-,19-/m0/s1. The van der Waals surface area contributed by atoms with Crippen LogP contribution in [0, 0.1) is 6.92 Å². The van der Waals surface area contributed by atoms with E-state index in [0.717, 1.165) is 28.6 Å². The highest BCUT2D eigenvalue weighted by molar-refractivity contribution is 6.07. The molecule has 1 aliphatic heterocycles. The zero-order valence-electron chi connectivity index (χ0n) is 16.5. The first kappa shape index (κ1) is 19.3. The molecular formula is C21H28N4O2. The molecule has 3 rings (SSSR count). The summed E-state index contributed by atoms with van der Waals surface area (Å²) in [6, 6.07) is 7.11. The van der Waals surface area contributed by atoms with Crippen molar-refractivity contribution < 1.29 is 9.59 Å². The summed E-state index contributed by atoms with van der Waals surface area (Å²) >= 11 is 0. The molecule has 1 aromatic carbocycles. The Morgan fingerprint density at radius 1 is 1.33 bits per heavy atom. The number of aromatic nitrogens is 1. The Kier molecular flexibility index (Phi) is 5.46. The zero-order valence-corrected chi connectivity index (χ0v) is 16.5. The largest absolute Gasteiger partial charge is 0.352 e. The molecular weight excluding hydrogens is 340 g/mol. The molecule has 1 aliphatic rings. The summed E-state index contributed by atoms with van der Waals surface area (Å²) in [4.78, 5) is 32.2. The number of nitrogens with one attached hydrogen (secondary N) is 1. The number of amides is 2. The summed E-state index contributed by atoms with van der Waals surface area (Å²) in [5.74, 6) is -0.300. The lowest BCUT2D eigenvalue weighted by Gasteiger charge is -2.25.